The molecule has 2 aromatic carbocycles. The Bertz CT molecular complexity index is 1030. The third kappa shape index (κ3) is 5.67. The van der Waals surface area contributed by atoms with Crippen molar-refractivity contribution in [3.05, 3.63) is 65.4 Å². The summed E-state index contributed by atoms with van der Waals surface area (Å²) in [5, 5.41) is 2.82. The van der Waals surface area contributed by atoms with Crippen molar-refractivity contribution in [2.75, 3.05) is 18.5 Å². The largest absolute Gasteiger partial charge is 0.573 e. The van der Waals surface area contributed by atoms with Crippen LogP contribution >= 0.6 is 0 Å². The summed E-state index contributed by atoms with van der Waals surface area (Å²) < 4.78 is 47.1. The van der Waals surface area contributed by atoms with E-state index in [2.05, 4.69) is 10.1 Å². The Hall–Kier alpha value is -3.33. The molecule has 0 atom stereocenters. The van der Waals surface area contributed by atoms with Crippen molar-refractivity contribution >= 4 is 23.1 Å². The molecular weight excluding hydrogens is 425 g/mol. The number of rotatable bonds is 8. The summed E-state index contributed by atoms with van der Waals surface area (Å²) in [4.78, 5) is 27.3. The standard InChI is InChI=1S/C23H23F3N2O4/c1-14(2)31-12-11-28-21(29)19(16-9-7-15(3)8-10-16)20(22(28)30)27-17-5-4-6-18(13-17)32-23(24,25)26/h4-10,13-14,27H,11-12H2,1-3H3. The smallest absolute Gasteiger partial charge is 0.406 e. The van der Waals surface area contributed by atoms with Gasteiger partial charge >= 0.3 is 6.36 Å². The van der Waals surface area contributed by atoms with Crippen LogP contribution in [0.25, 0.3) is 5.57 Å². The molecule has 3 rings (SSSR count). The van der Waals surface area contributed by atoms with Gasteiger partial charge in [-0.05, 0) is 38.5 Å². The Morgan fingerprint density at radius 3 is 2.34 bits per heavy atom. The maximum atomic E-state index is 13.1. The fraction of sp³-hybridized carbons (Fsp3) is 0.304. The predicted octanol–water partition coefficient (Wildman–Crippen LogP) is 4.51. The van der Waals surface area contributed by atoms with E-state index in [1.807, 2.05) is 20.8 Å². The highest BCUT2D eigenvalue weighted by atomic mass is 19.4. The van der Waals surface area contributed by atoms with E-state index >= 15 is 0 Å². The van der Waals surface area contributed by atoms with Crippen LogP contribution in [0.5, 0.6) is 5.75 Å². The lowest BCUT2D eigenvalue weighted by Crippen LogP contribution is -2.35. The van der Waals surface area contributed by atoms with Crippen molar-refractivity contribution < 1.29 is 32.2 Å². The lowest BCUT2D eigenvalue weighted by molar-refractivity contribution is -0.274. The molecule has 2 amide bonds. The lowest BCUT2D eigenvalue weighted by atomic mass is 10.0. The number of carbonyl (C=O) groups excluding carboxylic acids is 2. The van der Waals surface area contributed by atoms with Gasteiger partial charge in [-0.3, -0.25) is 14.5 Å². The van der Waals surface area contributed by atoms with Crippen LogP contribution in [0.4, 0.5) is 18.9 Å². The highest BCUT2D eigenvalue weighted by Gasteiger charge is 2.39. The Labute approximate surface area is 183 Å². The van der Waals surface area contributed by atoms with Crippen LogP contribution in [0.2, 0.25) is 0 Å². The molecular formula is C23H23F3N2O4. The summed E-state index contributed by atoms with van der Waals surface area (Å²) in [6.07, 6.45) is -4.92. The molecule has 170 valence electrons. The molecule has 0 saturated heterocycles. The van der Waals surface area contributed by atoms with Gasteiger partial charge in [0.05, 0.1) is 24.8 Å². The maximum Gasteiger partial charge on any atom is 0.573 e. The van der Waals surface area contributed by atoms with Gasteiger partial charge in [0, 0.05) is 11.8 Å². The van der Waals surface area contributed by atoms with Crippen LogP contribution in [0.3, 0.4) is 0 Å². The fourth-order valence-electron chi connectivity index (χ4n) is 3.18. The van der Waals surface area contributed by atoms with E-state index in [1.54, 1.807) is 24.3 Å². The maximum absolute atomic E-state index is 13.1. The van der Waals surface area contributed by atoms with Gasteiger partial charge in [0.25, 0.3) is 11.8 Å². The average Bonchev–Trinajstić information content (AvgIpc) is 2.92. The Morgan fingerprint density at radius 1 is 1.03 bits per heavy atom. The first kappa shape index (κ1) is 23.3. The molecule has 0 aliphatic carbocycles. The molecule has 1 aliphatic heterocycles. The first-order valence-electron chi connectivity index (χ1n) is 9.97. The zero-order valence-corrected chi connectivity index (χ0v) is 17.8. The monoisotopic (exact) mass is 448 g/mol. The van der Waals surface area contributed by atoms with E-state index in [4.69, 9.17) is 4.74 Å². The predicted molar refractivity (Wildman–Crippen MR) is 113 cm³/mol. The second-order valence-electron chi connectivity index (χ2n) is 7.50. The number of carbonyl (C=O) groups is 2. The van der Waals surface area contributed by atoms with Crippen molar-refractivity contribution in [2.24, 2.45) is 0 Å². The number of halogens is 3. The molecule has 0 aromatic heterocycles. The number of nitrogens with one attached hydrogen (secondary N) is 1. The fourth-order valence-corrected chi connectivity index (χ4v) is 3.18. The van der Waals surface area contributed by atoms with Gasteiger partial charge in [0.2, 0.25) is 0 Å². The molecule has 2 aromatic rings. The third-order valence-electron chi connectivity index (χ3n) is 4.61. The summed E-state index contributed by atoms with van der Waals surface area (Å²) in [6.45, 7) is 5.78. The van der Waals surface area contributed by atoms with Crippen LogP contribution < -0.4 is 10.1 Å². The molecule has 0 unspecified atom stereocenters. The molecule has 0 saturated carbocycles. The van der Waals surface area contributed by atoms with E-state index < -0.39 is 23.9 Å². The number of hydrogen-bond acceptors (Lipinski definition) is 5. The minimum absolute atomic E-state index is 0.0208. The molecule has 1 N–H and O–H groups in total. The van der Waals surface area contributed by atoms with Gasteiger partial charge in [-0.25, -0.2) is 0 Å². The second-order valence-corrected chi connectivity index (χ2v) is 7.50. The highest BCUT2D eigenvalue weighted by Crippen LogP contribution is 2.32. The molecule has 0 fully saturated rings. The summed E-state index contributed by atoms with van der Waals surface area (Å²) in [5.41, 5.74) is 1.79. The van der Waals surface area contributed by atoms with Crippen molar-refractivity contribution in [3.8, 4) is 5.75 Å². The molecule has 9 heteroatoms. The Morgan fingerprint density at radius 2 is 1.72 bits per heavy atom. The molecule has 6 nitrogen and oxygen atoms in total. The average molecular weight is 448 g/mol. The van der Waals surface area contributed by atoms with E-state index in [9.17, 15) is 22.8 Å². The van der Waals surface area contributed by atoms with Crippen LogP contribution in [0.1, 0.15) is 25.0 Å². The number of aryl methyl sites for hydroxylation is 1. The van der Waals surface area contributed by atoms with Crippen LogP contribution in [-0.2, 0) is 14.3 Å². The summed E-state index contributed by atoms with van der Waals surface area (Å²) in [7, 11) is 0. The zero-order valence-electron chi connectivity index (χ0n) is 17.8. The normalized spacial score (nSPS) is 14.5. The lowest BCUT2D eigenvalue weighted by Gasteiger charge is -2.16. The van der Waals surface area contributed by atoms with Crippen LogP contribution in [0, 0.1) is 6.92 Å². The number of nitrogens with zero attached hydrogens (tertiary/aromatic N) is 1. The Kier molecular flexibility index (Phi) is 6.88. The first-order valence-corrected chi connectivity index (χ1v) is 9.97. The van der Waals surface area contributed by atoms with E-state index in [0.29, 0.717) is 5.56 Å². The summed E-state index contributed by atoms with van der Waals surface area (Å²) >= 11 is 0. The van der Waals surface area contributed by atoms with Crippen molar-refractivity contribution in [3.63, 3.8) is 0 Å². The van der Waals surface area contributed by atoms with Gasteiger partial charge in [-0.15, -0.1) is 13.2 Å². The van der Waals surface area contributed by atoms with E-state index in [1.165, 1.54) is 12.1 Å². The highest BCUT2D eigenvalue weighted by molar-refractivity contribution is 6.36. The van der Waals surface area contributed by atoms with Gasteiger partial charge in [-0.2, -0.15) is 0 Å². The number of ether oxygens (including phenoxy) is 2. The molecule has 0 radical (unpaired) electrons. The quantitative estimate of drug-likeness (QED) is 0.602. The van der Waals surface area contributed by atoms with Gasteiger partial charge in [-0.1, -0.05) is 35.9 Å². The first-order chi connectivity index (χ1) is 15.0. The third-order valence-corrected chi connectivity index (χ3v) is 4.61. The van der Waals surface area contributed by atoms with Gasteiger partial charge < -0.3 is 14.8 Å². The van der Waals surface area contributed by atoms with Crippen molar-refractivity contribution in [2.45, 2.75) is 33.2 Å². The number of hydrogen-bond donors (Lipinski definition) is 1. The van der Waals surface area contributed by atoms with E-state index in [0.717, 1.165) is 22.6 Å². The number of anilines is 1. The summed E-state index contributed by atoms with van der Waals surface area (Å²) in [5.74, 6) is -1.53. The van der Waals surface area contributed by atoms with E-state index in [-0.39, 0.29) is 36.2 Å². The van der Waals surface area contributed by atoms with Gasteiger partial charge in [0.15, 0.2) is 0 Å². The van der Waals surface area contributed by atoms with Gasteiger partial charge in [0.1, 0.15) is 11.4 Å². The minimum atomic E-state index is -4.85. The number of amides is 2. The molecule has 1 heterocycles. The van der Waals surface area contributed by atoms with Crippen molar-refractivity contribution in [1.29, 1.82) is 0 Å². The Balaban J connectivity index is 1.94. The second kappa shape index (κ2) is 9.44. The molecule has 1 aliphatic rings. The van der Waals surface area contributed by atoms with Crippen LogP contribution in [-0.4, -0.2) is 42.3 Å². The zero-order chi connectivity index (χ0) is 23.5. The van der Waals surface area contributed by atoms with Crippen molar-refractivity contribution in [1.82, 2.24) is 4.90 Å². The number of alkyl halides is 3. The number of imide groups is 1. The number of benzene rings is 2. The molecule has 0 bridgehead atoms. The SMILES string of the molecule is Cc1ccc(C2=C(Nc3cccc(OC(F)(F)F)c3)C(=O)N(CCOC(C)C)C2=O)cc1. The molecule has 0 spiro atoms. The molecule has 32 heavy (non-hydrogen) atoms. The topological polar surface area (TPSA) is 67.9 Å². The minimum Gasteiger partial charge on any atom is -0.406 e. The van der Waals surface area contributed by atoms with Crippen LogP contribution in [0.15, 0.2) is 54.2 Å². The summed E-state index contributed by atoms with van der Waals surface area (Å²) in [6, 6.07) is 12.1.